The van der Waals surface area contributed by atoms with Gasteiger partial charge in [-0.05, 0) is 39.9 Å². The maximum Gasteiger partial charge on any atom is 0.228 e. The molecule has 0 aliphatic carbocycles. The summed E-state index contributed by atoms with van der Waals surface area (Å²) >= 11 is 0. The third-order valence-corrected chi connectivity index (χ3v) is 5.86. The zero-order valence-corrected chi connectivity index (χ0v) is 18.7. The number of nitrogens with one attached hydrogen (secondary N) is 1. The number of benzene rings is 1. The van der Waals surface area contributed by atoms with E-state index in [0.717, 1.165) is 37.8 Å². The Morgan fingerprint density at radius 1 is 1.27 bits per heavy atom. The van der Waals surface area contributed by atoms with E-state index in [9.17, 15) is 9.18 Å². The van der Waals surface area contributed by atoms with E-state index in [1.807, 2.05) is 10.9 Å². The predicted octanol–water partition coefficient (Wildman–Crippen LogP) is 4.22. The number of nitriles is 1. The van der Waals surface area contributed by atoms with Crippen molar-refractivity contribution in [1.29, 1.82) is 5.26 Å². The molecule has 4 rings (SSSR count). The average Bonchev–Trinajstić information content (AvgIpc) is 3.29. The SMILES string of the molecule is C[C@H](C#N)CC(=O)c1ccc(-c2nc(Nc3cnn(C4CCN(C)CC4)c3)ncc2F)cc1. The molecule has 0 saturated carbocycles. The average molecular weight is 448 g/mol. The molecule has 0 bridgehead atoms. The molecule has 0 unspecified atom stereocenters. The fourth-order valence-corrected chi connectivity index (χ4v) is 3.88. The highest BCUT2D eigenvalue weighted by atomic mass is 19.1. The molecule has 2 aromatic heterocycles. The van der Waals surface area contributed by atoms with Crippen LogP contribution in [0.15, 0.2) is 42.9 Å². The molecule has 3 aromatic rings. The van der Waals surface area contributed by atoms with Gasteiger partial charge in [0.2, 0.25) is 5.95 Å². The van der Waals surface area contributed by atoms with Crippen LogP contribution in [0.4, 0.5) is 16.0 Å². The third-order valence-electron chi connectivity index (χ3n) is 5.86. The highest BCUT2D eigenvalue weighted by Gasteiger charge is 2.19. The fraction of sp³-hybridized carbons (Fsp3) is 0.375. The van der Waals surface area contributed by atoms with Gasteiger partial charge in [-0.2, -0.15) is 10.4 Å². The first kappa shape index (κ1) is 22.6. The van der Waals surface area contributed by atoms with Crippen LogP contribution in [0.1, 0.15) is 42.6 Å². The summed E-state index contributed by atoms with van der Waals surface area (Å²) < 4.78 is 16.4. The topological polar surface area (TPSA) is 99.7 Å². The van der Waals surface area contributed by atoms with E-state index < -0.39 is 5.82 Å². The Morgan fingerprint density at radius 2 is 2.00 bits per heavy atom. The molecule has 3 heterocycles. The van der Waals surface area contributed by atoms with Crippen LogP contribution < -0.4 is 5.32 Å². The van der Waals surface area contributed by atoms with Crippen molar-refractivity contribution >= 4 is 17.4 Å². The molecule has 170 valence electrons. The van der Waals surface area contributed by atoms with E-state index in [1.165, 1.54) is 0 Å². The number of nitrogens with zero attached hydrogens (tertiary/aromatic N) is 6. The molecule has 1 fully saturated rings. The minimum atomic E-state index is -0.556. The van der Waals surface area contributed by atoms with Crippen molar-refractivity contribution in [3.05, 3.63) is 54.2 Å². The highest BCUT2D eigenvalue weighted by Crippen LogP contribution is 2.25. The van der Waals surface area contributed by atoms with Crippen molar-refractivity contribution in [2.45, 2.75) is 32.2 Å². The summed E-state index contributed by atoms with van der Waals surface area (Å²) in [6.45, 7) is 3.79. The molecule has 1 N–H and O–H groups in total. The van der Waals surface area contributed by atoms with Crippen molar-refractivity contribution in [1.82, 2.24) is 24.6 Å². The standard InChI is InChI=1S/C24H26FN7O/c1-16(12-26)11-22(33)17-3-5-18(6-4-17)23-21(25)14-27-24(30-23)29-19-13-28-32(15-19)20-7-9-31(2)10-8-20/h3-6,13-16,20H,7-11H2,1-2H3,(H,27,29,30)/t16-/m0/s1. The lowest BCUT2D eigenvalue weighted by Crippen LogP contribution is -2.31. The molecular weight excluding hydrogens is 421 g/mol. The number of halogens is 1. The zero-order chi connectivity index (χ0) is 23.4. The number of ketones is 1. The zero-order valence-electron chi connectivity index (χ0n) is 18.7. The summed E-state index contributed by atoms with van der Waals surface area (Å²) in [7, 11) is 2.12. The lowest BCUT2D eigenvalue weighted by atomic mass is 9.99. The van der Waals surface area contributed by atoms with Gasteiger partial charge in [0.25, 0.3) is 0 Å². The van der Waals surface area contributed by atoms with Crippen LogP contribution in [0.2, 0.25) is 0 Å². The van der Waals surface area contributed by atoms with Gasteiger partial charge >= 0.3 is 0 Å². The first-order chi connectivity index (χ1) is 15.9. The summed E-state index contributed by atoms with van der Waals surface area (Å²) in [6.07, 6.45) is 7.00. The molecule has 0 spiro atoms. The number of carbonyl (C=O) groups is 1. The number of carbonyl (C=O) groups excluding carboxylic acids is 1. The first-order valence-electron chi connectivity index (χ1n) is 11.0. The first-order valence-corrected chi connectivity index (χ1v) is 11.0. The van der Waals surface area contributed by atoms with Gasteiger partial charge in [0.15, 0.2) is 11.6 Å². The summed E-state index contributed by atoms with van der Waals surface area (Å²) in [5.74, 6) is -0.770. The maximum atomic E-state index is 14.5. The minimum Gasteiger partial charge on any atom is -0.321 e. The second kappa shape index (κ2) is 9.88. The second-order valence-corrected chi connectivity index (χ2v) is 8.49. The Morgan fingerprint density at radius 3 is 2.70 bits per heavy atom. The van der Waals surface area contributed by atoms with Crippen molar-refractivity contribution in [2.75, 3.05) is 25.5 Å². The Kier molecular flexibility index (Phi) is 6.75. The van der Waals surface area contributed by atoms with Gasteiger partial charge in [-0.3, -0.25) is 9.48 Å². The number of likely N-dealkylation sites (tertiary alicyclic amines) is 1. The molecule has 8 nitrogen and oxygen atoms in total. The lowest BCUT2D eigenvalue weighted by molar-refractivity contribution is 0.0973. The van der Waals surface area contributed by atoms with Crippen LogP contribution >= 0.6 is 0 Å². The molecule has 1 aliphatic rings. The molecular formula is C24H26FN7O. The van der Waals surface area contributed by atoms with Gasteiger partial charge in [-0.15, -0.1) is 0 Å². The van der Waals surface area contributed by atoms with E-state index in [4.69, 9.17) is 5.26 Å². The molecule has 0 amide bonds. The molecule has 1 saturated heterocycles. The predicted molar refractivity (Wildman–Crippen MR) is 122 cm³/mol. The number of Topliss-reactive ketones (excluding diaryl/α,β-unsaturated/α-hetero) is 1. The van der Waals surface area contributed by atoms with Crippen LogP contribution in [0.3, 0.4) is 0 Å². The summed E-state index contributed by atoms with van der Waals surface area (Å²) in [4.78, 5) is 22.9. The number of rotatable bonds is 7. The van der Waals surface area contributed by atoms with Crippen LogP contribution in [-0.4, -0.2) is 50.6 Å². The smallest absolute Gasteiger partial charge is 0.228 e. The molecule has 33 heavy (non-hydrogen) atoms. The van der Waals surface area contributed by atoms with Crippen LogP contribution in [-0.2, 0) is 0 Å². The van der Waals surface area contributed by atoms with Gasteiger partial charge in [-0.1, -0.05) is 24.3 Å². The molecule has 1 aliphatic heterocycles. The second-order valence-electron chi connectivity index (χ2n) is 8.49. The normalized spacial score (nSPS) is 15.7. The Bertz CT molecular complexity index is 1160. The number of hydrogen-bond donors (Lipinski definition) is 1. The largest absolute Gasteiger partial charge is 0.321 e. The maximum absolute atomic E-state index is 14.5. The van der Waals surface area contributed by atoms with E-state index in [1.54, 1.807) is 37.4 Å². The van der Waals surface area contributed by atoms with Crippen molar-refractivity contribution in [3.8, 4) is 17.3 Å². The van der Waals surface area contributed by atoms with E-state index >= 15 is 0 Å². The lowest BCUT2D eigenvalue weighted by Gasteiger charge is -2.28. The van der Waals surface area contributed by atoms with Gasteiger partial charge < -0.3 is 10.2 Å². The van der Waals surface area contributed by atoms with E-state index in [-0.39, 0.29) is 29.8 Å². The fourth-order valence-electron chi connectivity index (χ4n) is 3.88. The van der Waals surface area contributed by atoms with Gasteiger partial charge in [0.1, 0.15) is 5.69 Å². The van der Waals surface area contributed by atoms with Crippen molar-refractivity contribution < 1.29 is 9.18 Å². The monoisotopic (exact) mass is 447 g/mol. The van der Waals surface area contributed by atoms with Crippen molar-refractivity contribution in [2.24, 2.45) is 5.92 Å². The highest BCUT2D eigenvalue weighted by molar-refractivity contribution is 5.96. The molecule has 1 atom stereocenters. The quantitative estimate of drug-likeness (QED) is 0.541. The van der Waals surface area contributed by atoms with Gasteiger partial charge in [0, 0.05) is 23.7 Å². The summed E-state index contributed by atoms with van der Waals surface area (Å²) in [6, 6.07) is 8.97. The van der Waals surface area contributed by atoms with Crippen LogP contribution in [0, 0.1) is 23.1 Å². The van der Waals surface area contributed by atoms with E-state index in [0.29, 0.717) is 17.2 Å². The number of piperidine rings is 1. The molecule has 9 heteroatoms. The third kappa shape index (κ3) is 5.41. The van der Waals surface area contributed by atoms with Crippen LogP contribution in [0.5, 0.6) is 0 Å². The summed E-state index contributed by atoms with van der Waals surface area (Å²) in [5, 5.41) is 16.5. The van der Waals surface area contributed by atoms with Crippen molar-refractivity contribution in [3.63, 3.8) is 0 Å². The Hall–Kier alpha value is -3.64. The molecule has 1 aromatic carbocycles. The Labute approximate surface area is 192 Å². The van der Waals surface area contributed by atoms with Gasteiger partial charge in [-0.25, -0.2) is 14.4 Å². The van der Waals surface area contributed by atoms with Gasteiger partial charge in [0.05, 0.1) is 36.1 Å². The number of anilines is 2. The minimum absolute atomic E-state index is 0.122. The number of hydrogen-bond acceptors (Lipinski definition) is 7. The Balaban J connectivity index is 1.47. The molecule has 0 radical (unpaired) electrons. The summed E-state index contributed by atoms with van der Waals surface area (Å²) in [5.41, 5.74) is 1.89. The van der Waals surface area contributed by atoms with Crippen LogP contribution in [0.25, 0.3) is 11.3 Å². The number of aromatic nitrogens is 4. The van der Waals surface area contributed by atoms with E-state index in [2.05, 4.69) is 38.4 Å².